The molecule has 0 aliphatic carbocycles. The van der Waals surface area contributed by atoms with Gasteiger partial charge in [0, 0.05) is 24.3 Å². The number of imidazole rings is 1. The molecule has 0 fully saturated rings. The number of anilines is 2. The molecule has 0 radical (unpaired) electrons. The van der Waals surface area contributed by atoms with Gasteiger partial charge < -0.3 is 20.5 Å². The number of fused-ring (bicyclic) bond motifs is 1. The summed E-state index contributed by atoms with van der Waals surface area (Å²) < 4.78 is 29.1. The first-order valence-corrected chi connectivity index (χ1v) is 10.2. The number of nitrogens with two attached hydrogens (primary N) is 1. The van der Waals surface area contributed by atoms with E-state index in [1.807, 2.05) is 18.4 Å². The van der Waals surface area contributed by atoms with E-state index in [2.05, 4.69) is 5.32 Å². The molecule has 1 amide bonds. The second-order valence-corrected chi connectivity index (χ2v) is 8.26. The van der Waals surface area contributed by atoms with Gasteiger partial charge in [-0.1, -0.05) is 11.6 Å². The van der Waals surface area contributed by atoms with Crippen molar-refractivity contribution in [3.63, 3.8) is 0 Å². The molecule has 2 heterocycles. The Bertz CT molecular complexity index is 1140. The second-order valence-electron chi connectivity index (χ2n) is 7.85. The minimum absolute atomic E-state index is 0.00763. The summed E-state index contributed by atoms with van der Waals surface area (Å²) in [6.07, 6.45) is 0. The molecule has 9 heteroatoms. The summed E-state index contributed by atoms with van der Waals surface area (Å²) in [5.41, 5.74) is 6.75. The molecule has 162 valence electrons. The van der Waals surface area contributed by atoms with Crippen LogP contribution in [-0.4, -0.2) is 33.4 Å². The van der Waals surface area contributed by atoms with Gasteiger partial charge in [0.05, 0.1) is 17.1 Å². The summed E-state index contributed by atoms with van der Waals surface area (Å²) in [6, 6.07) is 10.4. The van der Waals surface area contributed by atoms with E-state index in [1.54, 1.807) is 23.1 Å². The number of hydrogen-bond donors (Lipinski definition) is 2. The maximum Gasteiger partial charge on any atom is 0.237 e. The van der Waals surface area contributed by atoms with E-state index in [1.165, 1.54) is 24.3 Å². The third kappa shape index (κ3) is 3.77. The number of nitrogens with one attached hydrogen (secondary N) is 1. The van der Waals surface area contributed by atoms with Gasteiger partial charge in [0.2, 0.25) is 5.91 Å². The third-order valence-electron chi connectivity index (χ3n) is 5.51. The molecular formula is C22H22ClF2N5O. The molecule has 6 nitrogen and oxygen atoms in total. The number of benzene rings is 2. The zero-order valence-corrected chi connectivity index (χ0v) is 17.9. The van der Waals surface area contributed by atoms with Crippen molar-refractivity contribution in [1.82, 2.24) is 14.5 Å². The Hall–Kier alpha value is -2.97. The molecule has 1 aliphatic heterocycles. The van der Waals surface area contributed by atoms with Gasteiger partial charge >= 0.3 is 0 Å². The van der Waals surface area contributed by atoms with Crippen molar-refractivity contribution in [2.24, 2.45) is 5.73 Å². The Kier molecular flexibility index (Phi) is 5.45. The lowest BCUT2D eigenvalue weighted by Crippen LogP contribution is -2.53. The first kappa shape index (κ1) is 21.3. The van der Waals surface area contributed by atoms with Crippen molar-refractivity contribution in [2.75, 3.05) is 18.4 Å². The van der Waals surface area contributed by atoms with E-state index in [0.29, 0.717) is 41.7 Å². The monoisotopic (exact) mass is 445 g/mol. The molecule has 3 aromatic rings. The third-order valence-corrected chi connectivity index (χ3v) is 5.80. The zero-order chi connectivity index (χ0) is 22.3. The zero-order valence-electron chi connectivity index (χ0n) is 17.1. The molecule has 0 saturated carbocycles. The molecule has 0 spiro atoms. The summed E-state index contributed by atoms with van der Waals surface area (Å²) in [7, 11) is 0. The molecule has 31 heavy (non-hydrogen) atoms. The molecule has 2 aromatic carbocycles. The minimum Gasteiger partial charge on any atom is -0.340 e. The number of hydrogen-bond acceptors (Lipinski definition) is 4. The van der Waals surface area contributed by atoms with Crippen LogP contribution in [0.1, 0.15) is 19.7 Å². The average molecular weight is 446 g/mol. The first-order chi connectivity index (χ1) is 14.7. The first-order valence-electron chi connectivity index (χ1n) is 9.82. The van der Waals surface area contributed by atoms with Gasteiger partial charge in [0.15, 0.2) is 0 Å². The summed E-state index contributed by atoms with van der Waals surface area (Å²) in [5.74, 6) is 0.279. The second kappa shape index (κ2) is 7.94. The fraction of sp³-hybridized carbons (Fsp3) is 0.273. The highest BCUT2D eigenvalue weighted by Gasteiger charge is 2.41. The molecule has 0 unspecified atom stereocenters. The molecule has 4 rings (SSSR count). The lowest BCUT2D eigenvalue weighted by molar-refractivity contribution is -0.137. The van der Waals surface area contributed by atoms with Crippen LogP contribution in [0.5, 0.6) is 0 Å². The summed E-state index contributed by atoms with van der Waals surface area (Å²) in [5, 5.41) is 3.28. The van der Waals surface area contributed by atoms with E-state index >= 15 is 0 Å². The minimum atomic E-state index is -0.718. The Morgan fingerprint density at radius 3 is 2.55 bits per heavy atom. The number of carbonyl (C=O) groups excluding carboxylic acids is 1. The Balaban J connectivity index is 1.86. The van der Waals surface area contributed by atoms with Crippen LogP contribution in [0.25, 0.3) is 11.3 Å². The van der Waals surface area contributed by atoms with Gasteiger partial charge in [0.1, 0.15) is 29.0 Å². The predicted molar refractivity (Wildman–Crippen MR) is 116 cm³/mol. The van der Waals surface area contributed by atoms with Crippen molar-refractivity contribution in [3.8, 4) is 11.3 Å². The van der Waals surface area contributed by atoms with E-state index in [0.717, 1.165) is 0 Å². The quantitative estimate of drug-likeness (QED) is 0.629. The SMILES string of the molecule is CC1(C)c2nc(-c3ccc(F)cc3)c(Nc3ccc(F)c(Cl)c3)n2CCN1C(=O)CN. The van der Waals surface area contributed by atoms with Crippen molar-refractivity contribution < 1.29 is 13.6 Å². The predicted octanol–water partition coefficient (Wildman–Crippen LogP) is 4.26. The van der Waals surface area contributed by atoms with Gasteiger partial charge in [-0.2, -0.15) is 0 Å². The van der Waals surface area contributed by atoms with Crippen LogP contribution in [0, 0.1) is 11.6 Å². The van der Waals surface area contributed by atoms with E-state index in [9.17, 15) is 13.6 Å². The highest BCUT2D eigenvalue weighted by molar-refractivity contribution is 6.31. The van der Waals surface area contributed by atoms with E-state index in [-0.39, 0.29) is 23.3 Å². The number of rotatable bonds is 4. The lowest BCUT2D eigenvalue weighted by atomic mass is 9.99. The van der Waals surface area contributed by atoms with Crippen molar-refractivity contribution in [2.45, 2.75) is 25.9 Å². The number of nitrogens with zero attached hydrogens (tertiary/aromatic N) is 3. The summed E-state index contributed by atoms with van der Waals surface area (Å²) in [4.78, 5) is 19.0. The Labute approximate surface area is 183 Å². The van der Waals surface area contributed by atoms with Crippen LogP contribution in [0.3, 0.4) is 0 Å². The molecule has 1 aliphatic rings. The number of carbonyl (C=O) groups is 1. The molecule has 0 saturated heterocycles. The summed E-state index contributed by atoms with van der Waals surface area (Å²) >= 11 is 5.95. The molecule has 1 aromatic heterocycles. The standard InChI is InChI=1S/C22H22ClF2N5O/c1-22(2)21-28-19(13-3-5-14(24)6-4-13)20(27-15-7-8-17(25)16(23)11-15)29(21)9-10-30(22)18(31)12-26/h3-8,11,27H,9-10,12,26H2,1-2H3. The number of amides is 1. The Morgan fingerprint density at radius 2 is 1.90 bits per heavy atom. The molecule has 3 N–H and O–H groups in total. The van der Waals surface area contributed by atoms with Crippen molar-refractivity contribution in [3.05, 3.63) is 64.9 Å². The topological polar surface area (TPSA) is 76.2 Å². The van der Waals surface area contributed by atoms with Gasteiger partial charge in [0.25, 0.3) is 0 Å². The van der Waals surface area contributed by atoms with E-state index in [4.69, 9.17) is 22.3 Å². The average Bonchev–Trinajstić information content (AvgIpc) is 3.10. The maximum atomic E-state index is 13.6. The van der Waals surface area contributed by atoms with Crippen LogP contribution in [0.2, 0.25) is 5.02 Å². The van der Waals surface area contributed by atoms with Crippen molar-refractivity contribution >= 4 is 29.0 Å². The molecule has 0 bridgehead atoms. The van der Waals surface area contributed by atoms with Crippen LogP contribution < -0.4 is 11.1 Å². The normalized spacial score (nSPS) is 15.0. The van der Waals surface area contributed by atoms with Crippen molar-refractivity contribution in [1.29, 1.82) is 0 Å². The van der Waals surface area contributed by atoms with Crippen LogP contribution in [0.15, 0.2) is 42.5 Å². The Morgan fingerprint density at radius 1 is 1.19 bits per heavy atom. The van der Waals surface area contributed by atoms with Crippen LogP contribution in [0.4, 0.5) is 20.3 Å². The van der Waals surface area contributed by atoms with E-state index < -0.39 is 11.4 Å². The van der Waals surface area contributed by atoms with Crippen LogP contribution >= 0.6 is 11.6 Å². The van der Waals surface area contributed by atoms with Gasteiger partial charge in [-0.25, -0.2) is 13.8 Å². The molecule has 0 atom stereocenters. The highest BCUT2D eigenvalue weighted by Crippen LogP contribution is 2.39. The lowest BCUT2D eigenvalue weighted by Gasteiger charge is -2.42. The fourth-order valence-electron chi connectivity index (χ4n) is 3.93. The molecular weight excluding hydrogens is 424 g/mol. The highest BCUT2D eigenvalue weighted by atomic mass is 35.5. The largest absolute Gasteiger partial charge is 0.340 e. The fourth-order valence-corrected chi connectivity index (χ4v) is 4.11. The van der Waals surface area contributed by atoms with Gasteiger partial charge in [-0.05, 0) is 56.3 Å². The smallest absolute Gasteiger partial charge is 0.237 e. The van der Waals surface area contributed by atoms with Gasteiger partial charge in [-0.15, -0.1) is 0 Å². The maximum absolute atomic E-state index is 13.6. The summed E-state index contributed by atoms with van der Waals surface area (Å²) in [6.45, 7) is 4.66. The van der Waals surface area contributed by atoms with Crippen LogP contribution in [-0.2, 0) is 16.9 Å². The number of halogens is 3. The van der Waals surface area contributed by atoms with Gasteiger partial charge in [-0.3, -0.25) is 4.79 Å². The number of aromatic nitrogens is 2.